The summed E-state index contributed by atoms with van der Waals surface area (Å²) in [5, 5.41) is 0. The number of esters is 1. The lowest BCUT2D eigenvalue weighted by Gasteiger charge is -2.29. The van der Waals surface area contributed by atoms with Gasteiger partial charge in [0.15, 0.2) is 6.10 Å². The molecule has 0 heterocycles. The summed E-state index contributed by atoms with van der Waals surface area (Å²) in [6.07, 6.45) is 1.44. The fraction of sp³-hybridized carbons (Fsp3) is 0.316. The van der Waals surface area contributed by atoms with Gasteiger partial charge in [-0.15, -0.1) is 0 Å². The molecule has 108 valence electrons. The predicted octanol–water partition coefficient (Wildman–Crippen LogP) is 4.27. The van der Waals surface area contributed by atoms with Crippen molar-refractivity contribution in [1.29, 1.82) is 0 Å². The summed E-state index contributed by atoms with van der Waals surface area (Å²) in [7, 11) is 0. The number of hydrogen-bond donors (Lipinski definition) is 0. The van der Waals surface area contributed by atoms with Crippen molar-refractivity contribution in [3.8, 4) is 0 Å². The molecule has 3 rings (SSSR count). The Morgan fingerprint density at radius 3 is 2.14 bits per heavy atom. The summed E-state index contributed by atoms with van der Waals surface area (Å²) < 4.78 is 5.86. The summed E-state index contributed by atoms with van der Waals surface area (Å²) in [5.74, 6) is -0.180. The van der Waals surface area contributed by atoms with Crippen molar-refractivity contribution in [3.05, 3.63) is 70.8 Å². The van der Waals surface area contributed by atoms with Crippen molar-refractivity contribution in [2.24, 2.45) is 5.92 Å². The zero-order chi connectivity index (χ0) is 14.8. The molecule has 0 N–H and O–H groups in total. The van der Waals surface area contributed by atoms with Gasteiger partial charge in [0.2, 0.25) is 0 Å². The number of fused-ring (bicyclic) bond motifs is 2. The SMILES string of the molecule is CCC(C)C(=O)OC1c2ccccc2Cc2ccccc21. The van der Waals surface area contributed by atoms with E-state index in [9.17, 15) is 4.79 Å². The molecule has 0 amide bonds. The lowest BCUT2D eigenvalue weighted by molar-refractivity contribution is -0.152. The average Bonchev–Trinajstić information content (AvgIpc) is 2.53. The van der Waals surface area contributed by atoms with Crippen LogP contribution in [0.4, 0.5) is 0 Å². The minimum Gasteiger partial charge on any atom is -0.452 e. The van der Waals surface area contributed by atoms with Gasteiger partial charge in [-0.3, -0.25) is 4.79 Å². The molecule has 1 aliphatic carbocycles. The Morgan fingerprint density at radius 1 is 1.10 bits per heavy atom. The fourth-order valence-corrected chi connectivity index (χ4v) is 2.80. The molecular formula is C19H20O2. The highest BCUT2D eigenvalue weighted by Gasteiger charge is 2.29. The molecule has 0 spiro atoms. The topological polar surface area (TPSA) is 26.3 Å². The molecule has 1 unspecified atom stereocenters. The molecule has 2 aromatic rings. The van der Waals surface area contributed by atoms with Crippen LogP contribution in [0.5, 0.6) is 0 Å². The number of hydrogen-bond acceptors (Lipinski definition) is 2. The van der Waals surface area contributed by atoms with Gasteiger partial charge in [0, 0.05) is 11.1 Å². The Labute approximate surface area is 125 Å². The van der Waals surface area contributed by atoms with Gasteiger partial charge in [0.1, 0.15) is 0 Å². The summed E-state index contributed by atoms with van der Waals surface area (Å²) in [6, 6.07) is 16.5. The molecule has 1 aliphatic rings. The normalized spacial score (nSPS) is 15.0. The molecule has 2 nitrogen and oxygen atoms in total. The van der Waals surface area contributed by atoms with E-state index < -0.39 is 0 Å². The van der Waals surface area contributed by atoms with Crippen molar-refractivity contribution in [3.63, 3.8) is 0 Å². The molecule has 1 atom stereocenters. The third-order valence-electron chi connectivity index (χ3n) is 4.30. The number of rotatable bonds is 3. The first-order valence-electron chi connectivity index (χ1n) is 7.56. The van der Waals surface area contributed by atoms with E-state index in [-0.39, 0.29) is 18.0 Å². The van der Waals surface area contributed by atoms with Crippen LogP contribution in [0, 0.1) is 5.92 Å². The molecule has 0 bridgehead atoms. The molecule has 0 fully saturated rings. The monoisotopic (exact) mass is 280 g/mol. The zero-order valence-electron chi connectivity index (χ0n) is 12.5. The second-order valence-electron chi connectivity index (χ2n) is 5.70. The molecule has 0 radical (unpaired) electrons. The molecule has 0 aromatic heterocycles. The second kappa shape index (κ2) is 5.72. The van der Waals surface area contributed by atoms with Crippen LogP contribution in [0.1, 0.15) is 48.6 Å². The summed E-state index contributed by atoms with van der Waals surface area (Å²) in [4.78, 5) is 12.2. The number of ether oxygens (including phenoxy) is 1. The molecule has 0 saturated carbocycles. The smallest absolute Gasteiger partial charge is 0.309 e. The molecule has 2 heteroatoms. The molecule has 21 heavy (non-hydrogen) atoms. The van der Waals surface area contributed by atoms with E-state index in [1.165, 1.54) is 11.1 Å². The van der Waals surface area contributed by atoms with E-state index in [1.54, 1.807) is 0 Å². The minimum absolute atomic E-state index is 0.0637. The Morgan fingerprint density at radius 2 is 1.62 bits per heavy atom. The van der Waals surface area contributed by atoms with E-state index >= 15 is 0 Å². The Hall–Kier alpha value is -2.09. The maximum Gasteiger partial charge on any atom is 0.309 e. The molecule has 2 aromatic carbocycles. The predicted molar refractivity (Wildman–Crippen MR) is 83.1 cm³/mol. The minimum atomic E-state index is -0.271. The summed E-state index contributed by atoms with van der Waals surface area (Å²) in [6.45, 7) is 3.93. The largest absolute Gasteiger partial charge is 0.452 e. The highest BCUT2D eigenvalue weighted by atomic mass is 16.5. The van der Waals surface area contributed by atoms with Crippen molar-refractivity contribution >= 4 is 5.97 Å². The molecule has 0 saturated heterocycles. The van der Waals surface area contributed by atoms with Gasteiger partial charge in [0.25, 0.3) is 0 Å². The van der Waals surface area contributed by atoms with E-state index in [0.29, 0.717) is 0 Å². The van der Waals surface area contributed by atoms with Crippen LogP contribution in [0.25, 0.3) is 0 Å². The number of benzene rings is 2. The van der Waals surface area contributed by atoms with Crippen LogP contribution < -0.4 is 0 Å². The van der Waals surface area contributed by atoms with Crippen LogP contribution in [0.2, 0.25) is 0 Å². The van der Waals surface area contributed by atoms with Gasteiger partial charge in [-0.2, -0.15) is 0 Å². The van der Waals surface area contributed by atoms with Crippen LogP contribution in [0.15, 0.2) is 48.5 Å². The van der Waals surface area contributed by atoms with Crippen molar-refractivity contribution < 1.29 is 9.53 Å². The van der Waals surface area contributed by atoms with Crippen LogP contribution in [-0.2, 0) is 16.0 Å². The lowest BCUT2D eigenvalue weighted by Crippen LogP contribution is -2.22. The van der Waals surface area contributed by atoms with E-state index in [4.69, 9.17) is 4.74 Å². The van der Waals surface area contributed by atoms with Gasteiger partial charge < -0.3 is 4.74 Å². The Bertz CT molecular complexity index is 615. The highest BCUT2D eigenvalue weighted by Crippen LogP contribution is 2.37. The standard InChI is InChI=1S/C19H20O2/c1-3-13(2)19(20)21-18-16-10-6-4-8-14(16)12-15-9-5-7-11-17(15)18/h4-11,13,18H,3,12H2,1-2H3. The van der Waals surface area contributed by atoms with Gasteiger partial charge in [-0.1, -0.05) is 62.4 Å². The maximum absolute atomic E-state index is 12.2. The van der Waals surface area contributed by atoms with E-state index in [2.05, 4.69) is 24.3 Å². The Kier molecular flexibility index (Phi) is 3.78. The summed E-state index contributed by atoms with van der Waals surface area (Å²) in [5.41, 5.74) is 4.73. The molecule has 0 aliphatic heterocycles. The van der Waals surface area contributed by atoms with Crippen molar-refractivity contribution in [2.45, 2.75) is 32.8 Å². The lowest BCUT2D eigenvalue weighted by atomic mass is 9.84. The van der Waals surface area contributed by atoms with Crippen LogP contribution in [0.3, 0.4) is 0 Å². The summed E-state index contributed by atoms with van der Waals surface area (Å²) >= 11 is 0. The van der Waals surface area contributed by atoms with Crippen molar-refractivity contribution in [2.75, 3.05) is 0 Å². The average molecular weight is 280 g/mol. The maximum atomic E-state index is 12.2. The van der Waals surface area contributed by atoms with Crippen LogP contribution in [-0.4, -0.2) is 5.97 Å². The van der Waals surface area contributed by atoms with E-state index in [0.717, 1.165) is 24.0 Å². The third kappa shape index (κ3) is 2.58. The fourth-order valence-electron chi connectivity index (χ4n) is 2.80. The van der Waals surface area contributed by atoms with E-state index in [1.807, 2.05) is 38.1 Å². The third-order valence-corrected chi connectivity index (χ3v) is 4.30. The van der Waals surface area contributed by atoms with Gasteiger partial charge in [0.05, 0.1) is 5.92 Å². The zero-order valence-corrected chi connectivity index (χ0v) is 12.5. The number of carbonyl (C=O) groups excluding carboxylic acids is 1. The first-order chi connectivity index (χ1) is 10.2. The first kappa shape index (κ1) is 13.9. The first-order valence-corrected chi connectivity index (χ1v) is 7.56. The highest BCUT2D eigenvalue weighted by molar-refractivity contribution is 5.73. The van der Waals surface area contributed by atoms with Gasteiger partial charge in [-0.25, -0.2) is 0 Å². The van der Waals surface area contributed by atoms with Crippen molar-refractivity contribution in [1.82, 2.24) is 0 Å². The Balaban J connectivity index is 2.01. The van der Waals surface area contributed by atoms with Gasteiger partial charge >= 0.3 is 5.97 Å². The number of carbonyl (C=O) groups is 1. The quantitative estimate of drug-likeness (QED) is 0.785. The van der Waals surface area contributed by atoms with Crippen LogP contribution >= 0.6 is 0 Å². The second-order valence-corrected chi connectivity index (χ2v) is 5.70. The van der Waals surface area contributed by atoms with Gasteiger partial charge in [-0.05, 0) is 24.0 Å². The molecular weight excluding hydrogens is 260 g/mol.